The van der Waals surface area contributed by atoms with Gasteiger partial charge in [-0.25, -0.2) is 4.79 Å². The van der Waals surface area contributed by atoms with Crippen molar-refractivity contribution in [2.75, 3.05) is 13.6 Å². The monoisotopic (exact) mass is 331 g/mol. The van der Waals surface area contributed by atoms with Crippen LogP contribution in [0, 0.1) is 6.92 Å². The van der Waals surface area contributed by atoms with Crippen molar-refractivity contribution in [3.8, 4) is 0 Å². The number of likely N-dealkylation sites (N-methyl/N-ethyl adjacent to an activating group) is 1. The molecule has 1 aliphatic heterocycles. The molecule has 0 unspecified atom stereocenters. The third-order valence-electron chi connectivity index (χ3n) is 4.80. The van der Waals surface area contributed by atoms with E-state index in [1.54, 1.807) is 12.1 Å². The van der Waals surface area contributed by atoms with Gasteiger partial charge in [0.05, 0.1) is 16.8 Å². The first-order valence-corrected chi connectivity index (χ1v) is 8.12. The molecule has 0 atom stereocenters. The number of aromatic carboxylic acids is 1. The van der Waals surface area contributed by atoms with Crippen LogP contribution in [0.2, 0.25) is 0 Å². The molecular weight excluding hydrogens is 305 g/mol. The van der Waals surface area contributed by atoms with Gasteiger partial charge in [0.1, 0.15) is 0 Å². The molecule has 1 fully saturated rings. The summed E-state index contributed by atoms with van der Waals surface area (Å²) in [6.07, 6.45) is 1.96. The maximum atomic E-state index is 11.2. The molecular formula is C18H26BNO4. The fourth-order valence-corrected chi connectivity index (χ4v) is 2.53. The van der Waals surface area contributed by atoms with Gasteiger partial charge in [0, 0.05) is 6.54 Å². The molecule has 0 aromatic heterocycles. The highest BCUT2D eigenvalue weighted by atomic mass is 16.7. The van der Waals surface area contributed by atoms with Crippen molar-refractivity contribution in [3.63, 3.8) is 0 Å². The second-order valence-electron chi connectivity index (χ2n) is 7.21. The summed E-state index contributed by atoms with van der Waals surface area (Å²) in [4.78, 5) is 11.2. The minimum atomic E-state index is -0.935. The second-order valence-corrected chi connectivity index (χ2v) is 7.21. The van der Waals surface area contributed by atoms with E-state index < -0.39 is 24.3 Å². The zero-order valence-corrected chi connectivity index (χ0v) is 15.3. The number of hydrogen-bond acceptors (Lipinski definition) is 4. The van der Waals surface area contributed by atoms with Crippen LogP contribution in [0.5, 0.6) is 0 Å². The van der Waals surface area contributed by atoms with Crippen molar-refractivity contribution < 1.29 is 19.2 Å². The van der Waals surface area contributed by atoms with Crippen LogP contribution < -0.4 is 5.32 Å². The molecule has 0 aliphatic carbocycles. The van der Waals surface area contributed by atoms with Gasteiger partial charge >= 0.3 is 13.1 Å². The Balaban J connectivity index is 2.40. The molecule has 1 saturated heterocycles. The van der Waals surface area contributed by atoms with E-state index in [4.69, 9.17) is 9.31 Å². The lowest BCUT2D eigenvalue weighted by Crippen LogP contribution is -2.41. The van der Waals surface area contributed by atoms with Crippen LogP contribution in [0.1, 0.15) is 49.2 Å². The molecule has 0 radical (unpaired) electrons. The zero-order chi connectivity index (χ0) is 18.1. The Morgan fingerprint density at radius 3 is 2.33 bits per heavy atom. The van der Waals surface area contributed by atoms with Crippen LogP contribution in [-0.2, 0) is 9.31 Å². The number of carboxylic acids is 1. The summed E-state index contributed by atoms with van der Waals surface area (Å²) in [5.74, 6) is -0.935. The van der Waals surface area contributed by atoms with Gasteiger partial charge < -0.3 is 19.7 Å². The molecule has 0 amide bonds. The van der Waals surface area contributed by atoms with Crippen LogP contribution in [0.4, 0.5) is 0 Å². The first-order chi connectivity index (χ1) is 11.1. The first kappa shape index (κ1) is 18.7. The highest BCUT2D eigenvalue weighted by molar-refractivity contribution is 6.56. The first-order valence-electron chi connectivity index (χ1n) is 8.12. The Morgan fingerprint density at radius 2 is 1.83 bits per heavy atom. The molecule has 0 spiro atoms. The minimum Gasteiger partial charge on any atom is -0.478 e. The Bertz CT molecular complexity index is 651. The molecule has 1 aromatic rings. The van der Waals surface area contributed by atoms with E-state index in [0.29, 0.717) is 6.54 Å². The molecule has 1 aromatic carbocycles. The van der Waals surface area contributed by atoms with E-state index in [-0.39, 0.29) is 5.56 Å². The van der Waals surface area contributed by atoms with E-state index in [0.717, 1.165) is 16.6 Å². The standard InChI is InChI=1S/C18H26BNO4/c1-12-7-8-13(16(21)22)9-14(12)10-15(11-20-6)19-23-17(2,3)18(4,5)24-19/h7-10,20H,11H2,1-6H3,(H,21,22). The Hall–Kier alpha value is -1.63. The van der Waals surface area contributed by atoms with Crippen LogP contribution in [0.15, 0.2) is 23.7 Å². The number of carboxylic acid groups (broad SMARTS) is 1. The van der Waals surface area contributed by atoms with Gasteiger partial charge in [-0.3, -0.25) is 0 Å². The molecule has 1 heterocycles. The van der Waals surface area contributed by atoms with Gasteiger partial charge in [0.15, 0.2) is 0 Å². The summed E-state index contributed by atoms with van der Waals surface area (Å²) in [7, 11) is 1.40. The highest BCUT2D eigenvalue weighted by Crippen LogP contribution is 2.38. The topological polar surface area (TPSA) is 67.8 Å². The summed E-state index contributed by atoms with van der Waals surface area (Å²) < 4.78 is 12.2. The maximum absolute atomic E-state index is 11.2. The molecule has 0 bridgehead atoms. The van der Waals surface area contributed by atoms with Gasteiger partial charge in [-0.15, -0.1) is 0 Å². The van der Waals surface area contributed by atoms with Crippen molar-refractivity contribution >= 4 is 19.2 Å². The maximum Gasteiger partial charge on any atom is 0.491 e. The third-order valence-corrected chi connectivity index (χ3v) is 4.80. The Kier molecular flexibility index (Phi) is 5.23. The van der Waals surface area contributed by atoms with E-state index in [1.165, 1.54) is 0 Å². The number of carbonyl (C=O) groups is 1. The number of aryl methyl sites for hydroxylation is 1. The fourth-order valence-electron chi connectivity index (χ4n) is 2.53. The largest absolute Gasteiger partial charge is 0.491 e. The normalized spacial score (nSPS) is 19.6. The van der Waals surface area contributed by atoms with Crippen molar-refractivity contribution in [2.45, 2.75) is 45.8 Å². The third kappa shape index (κ3) is 3.71. The van der Waals surface area contributed by atoms with Gasteiger partial charge in [0.25, 0.3) is 0 Å². The predicted molar refractivity (Wildman–Crippen MR) is 96.1 cm³/mol. The van der Waals surface area contributed by atoms with Gasteiger partial charge in [-0.05, 0) is 70.4 Å². The van der Waals surface area contributed by atoms with Crippen LogP contribution >= 0.6 is 0 Å². The second kappa shape index (κ2) is 6.71. The van der Waals surface area contributed by atoms with E-state index >= 15 is 0 Å². The van der Waals surface area contributed by atoms with Crippen molar-refractivity contribution in [2.24, 2.45) is 0 Å². The van der Waals surface area contributed by atoms with Crippen molar-refractivity contribution in [1.82, 2.24) is 5.32 Å². The van der Waals surface area contributed by atoms with E-state index in [9.17, 15) is 9.90 Å². The minimum absolute atomic E-state index is 0.268. The Labute approximate surface area is 144 Å². The lowest BCUT2D eigenvalue weighted by atomic mass is 9.76. The quantitative estimate of drug-likeness (QED) is 0.812. The molecule has 2 rings (SSSR count). The van der Waals surface area contributed by atoms with E-state index in [2.05, 4.69) is 5.32 Å². The molecule has 1 aliphatic rings. The predicted octanol–water partition coefficient (Wildman–Crippen LogP) is 2.93. The molecule has 5 nitrogen and oxygen atoms in total. The van der Waals surface area contributed by atoms with E-state index in [1.807, 2.05) is 53.8 Å². The fraction of sp³-hybridized carbons (Fsp3) is 0.500. The smallest absolute Gasteiger partial charge is 0.478 e. The van der Waals surface area contributed by atoms with Crippen molar-refractivity contribution in [1.29, 1.82) is 0 Å². The number of nitrogens with one attached hydrogen (secondary N) is 1. The number of hydrogen-bond donors (Lipinski definition) is 2. The zero-order valence-electron chi connectivity index (χ0n) is 15.3. The summed E-state index contributed by atoms with van der Waals surface area (Å²) in [5.41, 5.74) is 2.23. The van der Waals surface area contributed by atoms with Gasteiger partial charge in [-0.1, -0.05) is 12.1 Å². The lowest BCUT2D eigenvalue weighted by Gasteiger charge is -2.32. The lowest BCUT2D eigenvalue weighted by molar-refractivity contribution is 0.00578. The SMILES string of the molecule is CNCC(=Cc1cc(C(=O)O)ccc1C)B1OC(C)(C)C(C)(C)O1. The Morgan fingerprint density at radius 1 is 1.25 bits per heavy atom. The average Bonchev–Trinajstić information content (AvgIpc) is 2.68. The van der Waals surface area contributed by atoms with Crippen molar-refractivity contribution in [3.05, 3.63) is 40.4 Å². The summed E-state index contributed by atoms with van der Waals surface area (Å²) in [5, 5.41) is 12.3. The average molecular weight is 331 g/mol. The van der Waals surface area contributed by atoms with Crippen LogP contribution in [-0.4, -0.2) is 43.0 Å². The number of rotatable bonds is 5. The van der Waals surface area contributed by atoms with Gasteiger partial charge in [0.2, 0.25) is 0 Å². The molecule has 6 heteroatoms. The summed E-state index contributed by atoms with van der Waals surface area (Å²) >= 11 is 0. The molecule has 24 heavy (non-hydrogen) atoms. The summed E-state index contributed by atoms with van der Waals surface area (Å²) in [6, 6.07) is 5.11. The summed E-state index contributed by atoms with van der Waals surface area (Å²) in [6.45, 7) is 10.6. The molecule has 130 valence electrons. The highest BCUT2D eigenvalue weighted by Gasteiger charge is 2.52. The van der Waals surface area contributed by atoms with Gasteiger partial charge in [-0.2, -0.15) is 0 Å². The molecule has 0 saturated carbocycles. The van der Waals surface area contributed by atoms with Crippen LogP contribution in [0.25, 0.3) is 6.08 Å². The van der Waals surface area contributed by atoms with Crippen LogP contribution in [0.3, 0.4) is 0 Å². The molecule has 2 N–H and O–H groups in total. The number of benzene rings is 1.